The molecule has 1 unspecified atom stereocenters. The molecule has 3 aromatic rings. The number of hydrogen-bond donors (Lipinski definition) is 1. The largest absolute Gasteiger partial charge is 0.495 e. The second-order valence-corrected chi connectivity index (χ2v) is 10.1. The van der Waals surface area contributed by atoms with Crippen molar-refractivity contribution in [3.8, 4) is 11.5 Å². The lowest BCUT2D eigenvalue weighted by Crippen LogP contribution is -2.47. The maximum absolute atomic E-state index is 13.9. The number of benzene rings is 3. The number of hydrogen-bond acceptors (Lipinski definition) is 7. The molecule has 0 spiro atoms. The van der Waals surface area contributed by atoms with E-state index in [-0.39, 0.29) is 45.0 Å². The first kappa shape index (κ1) is 26.2. The molecule has 12 heteroatoms. The Morgan fingerprint density at radius 1 is 1.16 bits per heavy atom. The Morgan fingerprint density at radius 2 is 1.95 bits per heavy atom. The predicted molar refractivity (Wildman–Crippen MR) is 134 cm³/mol. The van der Waals surface area contributed by atoms with E-state index in [9.17, 15) is 22.4 Å². The van der Waals surface area contributed by atoms with Gasteiger partial charge in [-0.2, -0.15) is 0 Å². The van der Waals surface area contributed by atoms with Gasteiger partial charge in [0.15, 0.2) is 0 Å². The van der Waals surface area contributed by atoms with E-state index in [0.717, 1.165) is 10.4 Å². The minimum Gasteiger partial charge on any atom is -0.495 e. The van der Waals surface area contributed by atoms with Crippen molar-refractivity contribution in [2.75, 3.05) is 29.9 Å². The van der Waals surface area contributed by atoms with Gasteiger partial charge in [-0.1, -0.05) is 17.7 Å². The molecule has 4 rings (SSSR count). The smallest absolute Gasteiger partial charge is 0.349 e. The zero-order valence-corrected chi connectivity index (χ0v) is 21.3. The van der Waals surface area contributed by atoms with Gasteiger partial charge < -0.3 is 19.5 Å². The predicted octanol–water partition coefficient (Wildman–Crippen LogP) is 4.26. The Hall–Kier alpha value is -3.83. The maximum Gasteiger partial charge on any atom is 0.349 e. The quantitative estimate of drug-likeness (QED) is 0.439. The van der Waals surface area contributed by atoms with E-state index in [2.05, 4.69) is 5.32 Å². The van der Waals surface area contributed by atoms with E-state index >= 15 is 0 Å². The fourth-order valence-corrected chi connectivity index (χ4v) is 5.61. The van der Waals surface area contributed by atoms with E-state index in [4.69, 9.17) is 25.8 Å². The fraction of sp³-hybridized carbons (Fsp3) is 0.200. The zero-order valence-electron chi connectivity index (χ0n) is 19.7. The first-order chi connectivity index (χ1) is 17.6. The molecule has 9 nitrogen and oxygen atoms in total. The van der Waals surface area contributed by atoms with Crippen LogP contribution >= 0.6 is 11.6 Å². The number of carbonyl (C=O) groups excluding carboxylic acids is 2. The molecule has 0 saturated carbocycles. The average Bonchev–Trinajstić information content (AvgIpc) is 2.87. The van der Waals surface area contributed by atoms with Crippen LogP contribution in [0.1, 0.15) is 17.3 Å². The summed E-state index contributed by atoms with van der Waals surface area (Å²) in [6, 6.07) is 13.5. The van der Waals surface area contributed by atoms with Crippen molar-refractivity contribution in [1.29, 1.82) is 0 Å². The van der Waals surface area contributed by atoms with Crippen LogP contribution in [0.4, 0.5) is 15.8 Å². The van der Waals surface area contributed by atoms with E-state index in [1.54, 1.807) is 6.92 Å². The minimum atomic E-state index is -4.37. The molecule has 1 heterocycles. The lowest BCUT2D eigenvalue weighted by atomic mass is 10.1. The number of carbonyl (C=O) groups is 2. The van der Waals surface area contributed by atoms with Crippen molar-refractivity contribution in [1.82, 2.24) is 0 Å². The monoisotopic (exact) mass is 548 g/mol. The molecule has 0 aliphatic carbocycles. The Bertz CT molecular complexity index is 1470. The van der Waals surface area contributed by atoms with Gasteiger partial charge in [0.05, 0.1) is 25.9 Å². The molecular formula is C25H22ClFN2O7S. The number of anilines is 2. The molecular weight excluding hydrogens is 527 g/mol. The molecule has 0 saturated heterocycles. The van der Waals surface area contributed by atoms with Crippen molar-refractivity contribution in [2.45, 2.75) is 17.9 Å². The molecule has 1 atom stereocenters. The molecule has 0 radical (unpaired) electrons. The molecule has 1 aliphatic heterocycles. The highest BCUT2D eigenvalue weighted by Gasteiger charge is 2.40. The van der Waals surface area contributed by atoms with Crippen LogP contribution in [0, 0.1) is 5.82 Å². The molecule has 3 aromatic carbocycles. The third-order valence-corrected chi connectivity index (χ3v) is 7.45. The summed E-state index contributed by atoms with van der Waals surface area (Å²) in [4.78, 5) is 25.1. The topological polar surface area (TPSA) is 111 Å². The van der Waals surface area contributed by atoms with E-state index < -0.39 is 40.4 Å². The number of sulfonamides is 1. The molecule has 1 amide bonds. The van der Waals surface area contributed by atoms with Crippen LogP contribution < -0.4 is 19.1 Å². The summed E-state index contributed by atoms with van der Waals surface area (Å²) in [6.45, 7) is 1.25. The summed E-state index contributed by atoms with van der Waals surface area (Å²) in [7, 11) is -3.06. The van der Waals surface area contributed by atoms with Gasteiger partial charge in [0.25, 0.3) is 15.9 Å². The molecule has 0 bridgehead atoms. The summed E-state index contributed by atoms with van der Waals surface area (Å²) in [5.74, 6) is -1.83. The molecule has 0 aromatic heterocycles. The number of fused-ring (bicyclic) bond motifs is 1. The van der Waals surface area contributed by atoms with Crippen LogP contribution in [0.15, 0.2) is 65.6 Å². The van der Waals surface area contributed by atoms with E-state index in [1.165, 1.54) is 61.7 Å². The summed E-state index contributed by atoms with van der Waals surface area (Å²) < 4.78 is 58.2. The molecule has 1 N–H and O–H groups in total. The van der Waals surface area contributed by atoms with Gasteiger partial charge in [0.2, 0.25) is 6.10 Å². The summed E-state index contributed by atoms with van der Waals surface area (Å²) in [5, 5.41) is 2.71. The van der Waals surface area contributed by atoms with Gasteiger partial charge in [0, 0.05) is 16.3 Å². The normalized spacial score (nSPS) is 14.8. The van der Waals surface area contributed by atoms with Crippen LogP contribution in [-0.4, -0.2) is 46.7 Å². The van der Waals surface area contributed by atoms with Crippen LogP contribution in [0.3, 0.4) is 0 Å². The van der Waals surface area contributed by atoms with E-state index in [0.29, 0.717) is 0 Å². The third-order valence-electron chi connectivity index (χ3n) is 5.42. The molecule has 37 heavy (non-hydrogen) atoms. The number of rotatable bonds is 7. The number of halogens is 2. The SMILES string of the molecule is CCOC(=O)C1CN(S(=O)(=O)c2cc(Cl)ccc2OC)c2cc(C(=O)Nc3cccc(F)c3)ccc2O1. The number of esters is 1. The number of nitrogens with zero attached hydrogens (tertiary/aromatic N) is 1. The Kier molecular flexibility index (Phi) is 7.55. The second-order valence-electron chi connectivity index (χ2n) is 7.84. The van der Waals surface area contributed by atoms with Crippen LogP contribution in [0.2, 0.25) is 5.02 Å². The van der Waals surface area contributed by atoms with Crippen molar-refractivity contribution < 1.29 is 36.6 Å². The highest BCUT2D eigenvalue weighted by molar-refractivity contribution is 7.93. The van der Waals surface area contributed by atoms with Gasteiger partial charge in [-0.3, -0.25) is 9.10 Å². The highest BCUT2D eigenvalue weighted by atomic mass is 35.5. The van der Waals surface area contributed by atoms with Gasteiger partial charge in [-0.05, 0) is 61.5 Å². The van der Waals surface area contributed by atoms with Crippen LogP contribution in [0.25, 0.3) is 0 Å². The van der Waals surface area contributed by atoms with Gasteiger partial charge >= 0.3 is 5.97 Å². The number of amides is 1. The molecule has 1 aliphatic rings. The lowest BCUT2D eigenvalue weighted by molar-refractivity contribution is -0.151. The summed E-state index contributed by atoms with van der Waals surface area (Å²) >= 11 is 6.08. The Balaban J connectivity index is 1.78. The lowest BCUT2D eigenvalue weighted by Gasteiger charge is -2.34. The number of methoxy groups -OCH3 is 1. The molecule has 0 fully saturated rings. The molecule has 194 valence electrons. The van der Waals surface area contributed by atoms with Crippen LogP contribution in [-0.2, 0) is 19.6 Å². The third kappa shape index (κ3) is 5.47. The number of nitrogens with one attached hydrogen (secondary N) is 1. The summed E-state index contributed by atoms with van der Waals surface area (Å²) in [5.41, 5.74) is 0.295. The van der Waals surface area contributed by atoms with Crippen molar-refractivity contribution in [3.05, 3.63) is 77.1 Å². The van der Waals surface area contributed by atoms with Gasteiger partial charge in [-0.25, -0.2) is 17.6 Å². The zero-order chi connectivity index (χ0) is 26.7. The first-order valence-corrected chi connectivity index (χ1v) is 12.9. The van der Waals surface area contributed by atoms with Crippen LogP contribution in [0.5, 0.6) is 11.5 Å². The first-order valence-electron chi connectivity index (χ1n) is 11.0. The average molecular weight is 549 g/mol. The minimum absolute atomic E-state index is 0.00877. The Morgan fingerprint density at radius 3 is 2.65 bits per heavy atom. The van der Waals surface area contributed by atoms with Crippen molar-refractivity contribution in [3.63, 3.8) is 0 Å². The Labute approximate surface area is 217 Å². The fourth-order valence-electron chi connectivity index (χ4n) is 3.72. The van der Waals surface area contributed by atoms with Crippen molar-refractivity contribution >= 4 is 44.9 Å². The summed E-state index contributed by atoms with van der Waals surface area (Å²) in [6.07, 6.45) is -1.26. The van der Waals surface area contributed by atoms with Gasteiger partial charge in [0.1, 0.15) is 22.2 Å². The van der Waals surface area contributed by atoms with E-state index in [1.807, 2.05) is 0 Å². The highest BCUT2D eigenvalue weighted by Crippen LogP contribution is 2.40. The van der Waals surface area contributed by atoms with Crippen molar-refractivity contribution in [2.24, 2.45) is 0 Å². The van der Waals surface area contributed by atoms with Gasteiger partial charge in [-0.15, -0.1) is 0 Å². The second kappa shape index (κ2) is 10.7. The number of ether oxygens (including phenoxy) is 3. The standard InChI is InChI=1S/C25H22ClFN2O7S/c1-3-35-25(31)22-14-29(37(32,33)23-12-16(26)8-10-21(23)34-2)19-11-15(7-9-20(19)36-22)24(30)28-18-6-4-5-17(27)13-18/h4-13,22H,3,14H2,1-2H3,(H,28,30). The maximum atomic E-state index is 13.9.